The largest absolute Gasteiger partial charge is 0.497 e. The van der Waals surface area contributed by atoms with Gasteiger partial charge < -0.3 is 31.1 Å². The van der Waals surface area contributed by atoms with E-state index >= 15 is 0 Å². The van der Waals surface area contributed by atoms with Gasteiger partial charge in [0.1, 0.15) is 5.75 Å². The van der Waals surface area contributed by atoms with Crippen molar-refractivity contribution in [1.29, 1.82) is 0 Å². The lowest BCUT2D eigenvalue weighted by Gasteiger charge is -2.25. The molecule has 0 aliphatic rings. The molecule has 0 aromatic heterocycles. The van der Waals surface area contributed by atoms with E-state index in [2.05, 4.69) is 10.6 Å². The number of aliphatic hydroxyl groups excluding tert-OH is 1. The molecular formula is C33H42N4O5. The molecule has 0 fully saturated rings. The maximum absolute atomic E-state index is 13.6. The first-order valence-electron chi connectivity index (χ1n) is 14.4. The predicted octanol–water partition coefficient (Wildman–Crippen LogP) is 3.55. The van der Waals surface area contributed by atoms with Gasteiger partial charge in [0.2, 0.25) is 5.91 Å². The van der Waals surface area contributed by atoms with Crippen LogP contribution in [0.3, 0.4) is 0 Å². The van der Waals surface area contributed by atoms with E-state index in [0.717, 1.165) is 24.0 Å². The standard InChI is InChI=1S/C33H42N4O5/c1-4-15-37(16-5-2)33(41)27-19-25(31(34)39)18-26(20-27)32(40)36-29(17-23-11-13-28(42-3)14-12-23)30(38)22-35-21-24-9-7-6-8-10-24/h6-14,18-20,29-30,35,38H,4-5,15-17,21-22H2,1-3H3,(H2,34,39)(H,36,40)/t29-,30+/m1/s1. The first-order chi connectivity index (χ1) is 20.2. The van der Waals surface area contributed by atoms with Gasteiger partial charge in [0, 0.05) is 42.9 Å². The smallest absolute Gasteiger partial charge is 0.253 e. The van der Waals surface area contributed by atoms with Gasteiger partial charge in [-0.25, -0.2) is 0 Å². The molecule has 42 heavy (non-hydrogen) atoms. The van der Waals surface area contributed by atoms with Crippen LogP contribution in [0.1, 0.15) is 68.9 Å². The van der Waals surface area contributed by atoms with E-state index in [-0.39, 0.29) is 29.1 Å². The zero-order chi connectivity index (χ0) is 30.5. The SMILES string of the molecule is CCCN(CCC)C(=O)c1cc(C(N)=O)cc(C(=O)N[C@H](Cc2ccc(OC)cc2)[C@@H](O)CNCc2ccccc2)c1. The van der Waals surface area contributed by atoms with Gasteiger partial charge in [0.05, 0.1) is 19.3 Å². The molecule has 224 valence electrons. The van der Waals surface area contributed by atoms with E-state index in [9.17, 15) is 19.5 Å². The molecule has 0 unspecified atom stereocenters. The summed E-state index contributed by atoms with van der Waals surface area (Å²) >= 11 is 0. The second-order valence-electron chi connectivity index (χ2n) is 10.3. The van der Waals surface area contributed by atoms with Crippen molar-refractivity contribution in [1.82, 2.24) is 15.5 Å². The van der Waals surface area contributed by atoms with Crippen molar-refractivity contribution in [2.75, 3.05) is 26.7 Å². The van der Waals surface area contributed by atoms with Crippen molar-refractivity contribution >= 4 is 17.7 Å². The minimum absolute atomic E-state index is 0.0655. The number of nitrogens with zero attached hydrogens (tertiary/aromatic N) is 1. The lowest BCUT2D eigenvalue weighted by molar-refractivity contribution is 0.0755. The van der Waals surface area contributed by atoms with Crippen molar-refractivity contribution in [2.24, 2.45) is 5.73 Å². The first kappa shape index (κ1) is 32.3. The summed E-state index contributed by atoms with van der Waals surface area (Å²) in [7, 11) is 1.59. The number of carbonyl (C=O) groups is 3. The van der Waals surface area contributed by atoms with Gasteiger partial charge in [0.15, 0.2) is 0 Å². The van der Waals surface area contributed by atoms with Gasteiger partial charge in [-0.15, -0.1) is 0 Å². The normalized spacial score (nSPS) is 12.3. The summed E-state index contributed by atoms with van der Waals surface area (Å²) in [5.74, 6) is -0.831. The molecular weight excluding hydrogens is 532 g/mol. The lowest BCUT2D eigenvalue weighted by Crippen LogP contribution is -2.48. The van der Waals surface area contributed by atoms with Crippen LogP contribution in [0.15, 0.2) is 72.8 Å². The number of hydrogen-bond donors (Lipinski definition) is 4. The van der Waals surface area contributed by atoms with E-state index in [1.165, 1.54) is 18.2 Å². The third-order valence-corrected chi connectivity index (χ3v) is 6.92. The Morgan fingerprint density at radius 3 is 2.10 bits per heavy atom. The van der Waals surface area contributed by atoms with Crippen LogP contribution in [0.4, 0.5) is 0 Å². The Bertz CT molecular complexity index is 1310. The fourth-order valence-corrected chi connectivity index (χ4v) is 4.71. The van der Waals surface area contributed by atoms with E-state index < -0.39 is 24.0 Å². The summed E-state index contributed by atoms with van der Waals surface area (Å²) in [4.78, 5) is 40.7. The van der Waals surface area contributed by atoms with Crippen LogP contribution in [-0.2, 0) is 13.0 Å². The van der Waals surface area contributed by atoms with Crippen LogP contribution in [-0.4, -0.2) is 66.6 Å². The molecule has 9 heteroatoms. The van der Waals surface area contributed by atoms with Gasteiger partial charge in [-0.3, -0.25) is 14.4 Å². The van der Waals surface area contributed by atoms with Crippen molar-refractivity contribution in [2.45, 2.75) is 51.8 Å². The van der Waals surface area contributed by atoms with Gasteiger partial charge in [-0.2, -0.15) is 0 Å². The highest BCUT2D eigenvalue weighted by atomic mass is 16.5. The van der Waals surface area contributed by atoms with Gasteiger partial charge >= 0.3 is 0 Å². The van der Waals surface area contributed by atoms with Gasteiger partial charge in [0.25, 0.3) is 11.8 Å². The molecule has 0 aliphatic carbocycles. The lowest BCUT2D eigenvalue weighted by atomic mass is 9.99. The Balaban J connectivity index is 1.85. The average Bonchev–Trinajstić information content (AvgIpc) is 3.00. The number of rotatable bonds is 16. The Morgan fingerprint density at radius 1 is 0.881 bits per heavy atom. The molecule has 3 amide bonds. The summed E-state index contributed by atoms with van der Waals surface area (Å²) < 4.78 is 5.25. The maximum Gasteiger partial charge on any atom is 0.253 e. The first-order valence-corrected chi connectivity index (χ1v) is 14.4. The molecule has 0 radical (unpaired) electrons. The molecule has 5 N–H and O–H groups in total. The molecule has 9 nitrogen and oxygen atoms in total. The van der Waals surface area contributed by atoms with Crippen molar-refractivity contribution in [3.8, 4) is 5.75 Å². The minimum Gasteiger partial charge on any atom is -0.497 e. The number of primary amides is 1. The second kappa shape index (κ2) is 16.3. The van der Waals surface area contributed by atoms with Gasteiger partial charge in [-0.05, 0) is 60.7 Å². The quantitative estimate of drug-likeness (QED) is 0.207. The minimum atomic E-state index is -0.940. The second-order valence-corrected chi connectivity index (χ2v) is 10.3. The van der Waals surface area contributed by atoms with Crippen LogP contribution in [0.25, 0.3) is 0 Å². The highest BCUT2D eigenvalue weighted by Crippen LogP contribution is 2.17. The van der Waals surface area contributed by atoms with Crippen molar-refractivity contribution in [3.05, 3.63) is 101 Å². The Hall–Kier alpha value is -4.21. The number of nitrogens with two attached hydrogens (primary N) is 1. The zero-order valence-electron chi connectivity index (χ0n) is 24.6. The molecule has 0 spiro atoms. The van der Waals surface area contributed by atoms with Crippen LogP contribution < -0.4 is 21.1 Å². The van der Waals surface area contributed by atoms with Crippen molar-refractivity contribution in [3.63, 3.8) is 0 Å². The molecule has 0 bridgehead atoms. The Kier molecular flexibility index (Phi) is 12.5. The topological polar surface area (TPSA) is 134 Å². The van der Waals surface area contributed by atoms with E-state index in [1.807, 2.05) is 68.4 Å². The number of carbonyl (C=O) groups excluding carboxylic acids is 3. The van der Waals surface area contributed by atoms with E-state index in [1.54, 1.807) is 12.0 Å². The molecule has 3 rings (SSSR count). The van der Waals surface area contributed by atoms with Crippen molar-refractivity contribution < 1.29 is 24.2 Å². The molecule has 2 atom stereocenters. The molecule has 0 saturated carbocycles. The molecule has 0 saturated heterocycles. The number of aliphatic hydroxyl groups is 1. The highest BCUT2D eigenvalue weighted by Gasteiger charge is 2.24. The summed E-state index contributed by atoms with van der Waals surface area (Å²) in [6, 6.07) is 20.8. The zero-order valence-corrected chi connectivity index (χ0v) is 24.6. The predicted molar refractivity (Wildman–Crippen MR) is 164 cm³/mol. The fraction of sp³-hybridized carbons (Fsp3) is 0.364. The molecule has 3 aromatic rings. The highest BCUT2D eigenvalue weighted by molar-refractivity contribution is 6.04. The number of ether oxygens (including phenoxy) is 1. The van der Waals surface area contributed by atoms with Gasteiger partial charge in [-0.1, -0.05) is 56.3 Å². The van der Waals surface area contributed by atoms with Crippen LogP contribution in [0, 0.1) is 0 Å². The fourth-order valence-electron chi connectivity index (χ4n) is 4.71. The molecule has 0 aliphatic heterocycles. The average molecular weight is 575 g/mol. The number of nitrogens with one attached hydrogen (secondary N) is 2. The number of benzene rings is 3. The summed E-state index contributed by atoms with van der Waals surface area (Å²) in [5, 5.41) is 17.4. The van der Waals surface area contributed by atoms with E-state index in [4.69, 9.17) is 10.5 Å². The third-order valence-electron chi connectivity index (χ3n) is 6.92. The summed E-state index contributed by atoms with van der Waals surface area (Å²) in [6.45, 7) is 5.86. The maximum atomic E-state index is 13.6. The monoisotopic (exact) mass is 574 g/mol. The number of amides is 3. The molecule has 0 heterocycles. The molecule has 3 aromatic carbocycles. The number of methoxy groups -OCH3 is 1. The number of hydrogen-bond acceptors (Lipinski definition) is 6. The van der Waals surface area contributed by atoms with E-state index in [0.29, 0.717) is 31.8 Å². The summed E-state index contributed by atoms with van der Waals surface area (Å²) in [6.07, 6.45) is 0.951. The van der Waals surface area contributed by atoms with Crippen LogP contribution in [0.5, 0.6) is 5.75 Å². The Morgan fingerprint density at radius 2 is 1.50 bits per heavy atom. The Labute approximate surface area is 248 Å². The summed E-state index contributed by atoms with van der Waals surface area (Å²) in [5.41, 5.74) is 7.93. The van der Waals surface area contributed by atoms with Crippen LogP contribution >= 0.6 is 0 Å². The third kappa shape index (κ3) is 9.43. The van der Waals surface area contributed by atoms with Crippen LogP contribution in [0.2, 0.25) is 0 Å².